The van der Waals surface area contributed by atoms with Crippen molar-refractivity contribution in [1.29, 1.82) is 5.41 Å². The summed E-state index contributed by atoms with van der Waals surface area (Å²) in [5.41, 5.74) is 1.54. The smallest absolute Gasteiger partial charge is 0.135 e. The third-order valence-corrected chi connectivity index (χ3v) is 3.82. The van der Waals surface area contributed by atoms with Crippen molar-refractivity contribution in [3.8, 4) is 0 Å². The van der Waals surface area contributed by atoms with Crippen LogP contribution in [0.15, 0.2) is 22.7 Å². The van der Waals surface area contributed by atoms with Gasteiger partial charge in [0.25, 0.3) is 0 Å². The summed E-state index contributed by atoms with van der Waals surface area (Å²) in [5.74, 6) is 1.07. The summed E-state index contributed by atoms with van der Waals surface area (Å²) in [6, 6.07) is 5.96. The Bertz CT molecular complexity index is 630. The minimum absolute atomic E-state index is 0.611. The van der Waals surface area contributed by atoms with E-state index in [1.807, 2.05) is 18.2 Å². The molecule has 0 atom stereocenters. The van der Waals surface area contributed by atoms with Gasteiger partial charge in [-0.2, -0.15) is 0 Å². The summed E-state index contributed by atoms with van der Waals surface area (Å²) < 4.78 is 3.10. The number of benzene rings is 1. The average Bonchev–Trinajstić information content (AvgIpc) is 2.54. The van der Waals surface area contributed by atoms with Gasteiger partial charge in [0.1, 0.15) is 11.3 Å². The van der Waals surface area contributed by atoms with E-state index in [0.29, 0.717) is 5.49 Å². The van der Waals surface area contributed by atoms with E-state index in [2.05, 4.69) is 20.5 Å². The second kappa shape index (κ2) is 4.26. The normalized spacial score (nSPS) is 15.6. The van der Waals surface area contributed by atoms with Crippen molar-refractivity contribution in [3.05, 3.63) is 34.0 Å². The first kappa shape index (κ1) is 11.0. The third-order valence-electron chi connectivity index (χ3n) is 3.33. The molecule has 0 radical (unpaired) electrons. The van der Waals surface area contributed by atoms with E-state index in [0.717, 1.165) is 40.6 Å². The molecular formula is C13H14BrN3. The van der Waals surface area contributed by atoms with E-state index in [1.54, 1.807) is 0 Å². The second-order valence-corrected chi connectivity index (χ2v) is 5.42. The molecule has 88 valence electrons. The molecule has 3 nitrogen and oxygen atoms in total. The molecule has 0 saturated carbocycles. The Balaban J connectivity index is 2.33. The molecule has 1 aromatic heterocycles. The maximum absolute atomic E-state index is 8.29. The minimum Gasteiger partial charge on any atom is -0.314 e. The number of aromatic nitrogens is 2. The largest absolute Gasteiger partial charge is 0.314 e. The predicted molar refractivity (Wildman–Crippen MR) is 70.8 cm³/mol. The van der Waals surface area contributed by atoms with E-state index in [4.69, 9.17) is 10.4 Å². The highest BCUT2D eigenvalue weighted by atomic mass is 79.9. The Hall–Kier alpha value is -1.16. The highest BCUT2D eigenvalue weighted by Crippen LogP contribution is 2.18. The van der Waals surface area contributed by atoms with Crippen LogP contribution in [-0.4, -0.2) is 9.55 Å². The van der Waals surface area contributed by atoms with Gasteiger partial charge in [-0.15, -0.1) is 0 Å². The summed E-state index contributed by atoms with van der Waals surface area (Å²) in [5, 5.41) is 9.24. The lowest BCUT2D eigenvalue weighted by atomic mass is 10.2. The van der Waals surface area contributed by atoms with Crippen LogP contribution in [0.1, 0.15) is 25.1 Å². The zero-order valence-corrected chi connectivity index (χ0v) is 11.1. The molecule has 2 heterocycles. The van der Waals surface area contributed by atoms with Gasteiger partial charge in [0.15, 0.2) is 0 Å². The van der Waals surface area contributed by atoms with Crippen molar-refractivity contribution in [3.63, 3.8) is 0 Å². The molecule has 0 fully saturated rings. The summed E-state index contributed by atoms with van der Waals surface area (Å²) in [6.07, 6.45) is 4.58. The molecule has 0 saturated heterocycles. The van der Waals surface area contributed by atoms with Gasteiger partial charge in [-0.3, -0.25) is 5.41 Å². The first-order valence-corrected chi connectivity index (χ1v) is 6.78. The molecule has 0 spiro atoms. The van der Waals surface area contributed by atoms with Gasteiger partial charge in [-0.1, -0.05) is 22.4 Å². The lowest BCUT2D eigenvalue weighted by Gasteiger charge is -2.11. The predicted octanol–water partition coefficient (Wildman–Crippen LogP) is 3.00. The Morgan fingerprint density at radius 3 is 3.00 bits per heavy atom. The van der Waals surface area contributed by atoms with Crippen LogP contribution in [0.25, 0.3) is 10.9 Å². The number of halogens is 1. The number of hydrogen-bond donors (Lipinski definition) is 1. The molecule has 1 aliphatic heterocycles. The zero-order valence-electron chi connectivity index (χ0n) is 9.54. The number of hydrogen-bond acceptors (Lipinski definition) is 2. The summed E-state index contributed by atoms with van der Waals surface area (Å²) >= 11 is 3.46. The first-order valence-electron chi connectivity index (χ1n) is 5.99. The molecule has 2 aromatic rings. The highest BCUT2D eigenvalue weighted by Gasteiger charge is 2.11. The Morgan fingerprint density at radius 1 is 1.24 bits per heavy atom. The maximum Gasteiger partial charge on any atom is 0.135 e. The molecule has 0 amide bonds. The molecule has 1 aromatic carbocycles. The minimum atomic E-state index is 0.611. The number of aryl methyl sites for hydroxylation is 1. The fraction of sp³-hybridized carbons (Fsp3) is 0.385. The van der Waals surface area contributed by atoms with Crippen molar-refractivity contribution >= 4 is 26.8 Å². The zero-order chi connectivity index (χ0) is 11.8. The number of nitrogens with zero attached hydrogens (tertiary/aromatic N) is 2. The van der Waals surface area contributed by atoms with Crippen LogP contribution < -0.4 is 5.49 Å². The van der Waals surface area contributed by atoms with Crippen molar-refractivity contribution in [2.24, 2.45) is 0 Å². The van der Waals surface area contributed by atoms with Crippen LogP contribution >= 0.6 is 15.9 Å². The third kappa shape index (κ3) is 1.90. The van der Waals surface area contributed by atoms with Gasteiger partial charge in [-0.25, -0.2) is 4.98 Å². The van der Waals surface area contributed by atoms with E-state index < -0.39 is 0 Å². The maximum atomic E-state index is 8.29. The molecule has 0 unspecified atom stereocenters. The van der Waals surface area contributed by atoms with Gasteiger partial charge in [-0.05, 0) is 31.0 Å². The Labute approximate surface area is 108 Å². The molecule has 0 bridgehead atoms. The van der Waals surface area contributed by atoms with Crippen LogP contribution in [0.3, 0.4) is 0 Å². The van der Waals surface area contributed by atoms with Crippen LogP contribution in [0.2, 0.25) is 0 Å². The van der Waals surface area contributed by atoms with Crippen molar-refractivity contribution in [2.45, 2.75) is 32.2 Å². The molecule has 1 N–H and O–H groups in total. The standard InChI is InChI=1S/C13H14BrN3/c14-9-5-6-10-11(8-9)16-12-4-2-1-3-7-17(12)13(10)15/h5-6,8,15H,1-4,7H2. The van der Waals surface area contributed by atoms with Crippen molar-refractivity contribution < 1.29 is 0 Å². The van der Waals surface area contributed by atoms with E-state index in [1.165, 1.54) is 12.8 Å². The van der Waals surface area contributed by atoms with Crippen molar-refractivity contribution in [1.82, 2.24) is 9.55 Å². The number of fused-ring (bicyclic) bond motifs is 2. The first-order chi connectivity index (χ1) is 8.25. The fourth-order valence-corrected chi connectivity index (χ4v) is 2.78. The number of rotatable bonds is 0. The lowest BCUT2D eigenvalue weighted by Crippen LogP contribution is -2.24. The second-order valence-electron chi connectivity index (χ2n) is 4.50. The lowest BCUT2D eigenvalue weighted by molar-refractivity contribution is 0.602. The monoisotopic (exact) mass is 291 g/mol. The summed E-state index contributed by atoms with van der Waals surface area (Å²) in [4.78, 5) is 4.71. The molecule has 1 aliphatic rings. The molecular weight excluding hydrogens is 278 g/mol. The highest BCUT2D eigenvalue weighted by molar-refractivity contribution is 9.10. The van der Waals surface area contributed by atoms with Crippen LogP contribution in [0.5, 0.6) is 0 Å². The van der Waals surface area contributed by atoms with Crippen LogP contribution in [0.4, 0.5) is 0 Å². The van der Waals surface area contributed by atoms with Gasteiger partial charge in [0, 0.05) is 22.8 Å². The van der Waals surface area contributed by atoms with E-state index in [9.17, 15) is 0 Å². The molecule has 4 heteroatoms. The molecule has 17 heavy (non-hydrogen) atoms. The van der Waals surface area contributed by atoms with Gasteiger partial charge >= 0.3 is 0 Å². The quantitative estimate of drug-likeness (QED) is 0.797. The summed E-state index contributed by atoms with van der Waals surface area (Å²) in [6.45, 7) is 0.938. The van der Waals surface area contributed by atoms with Crippen molar-refractivity contribution in [2.75, 3.05) is 0 Å². The molecule has 0 aliphatic carbocycles. The topological polar surface area (TPSA) is 41.7 Å². The Morgan fingerprint density at radius 2 is 2.12 bits per heavy atom. The molecule has 3 rings (SSSR count). The van der Waals surface area contributed by atoms with Gasteiger partial charge in [0.05, 0.1) is 5.52 Å². The van der Waals surface area contributed by atoms with Crippen LogP contribution in [0, 0.1) is 5.41 Å². The average molecular weight is 292 g/mol. The SMILES string of the molecule is N=c1c2ccc(Br)cc2nc2n1CCCCC2. The van der Waals surface area contributed by atoms with Gasteiger partial charge in [0.2, 0.25) is 0 Å². The van der Waals surface area contributed by atoms with Gasteiger partial charge < -0.3 is 4.57 Å². The summed E-state index contributed by atoms with van der Waals surface area (Å²) in [7, 11) is 0. The van der Waals surface area contributed by atoms with E-state index in [-0.39, 0.29) is 0 Å². The van der Waals surface area contributed by atoms with Crippen LogP contribution in [-0.2, 0) is 13.0 Å². The van der Waals surface area contributed by atoms with E-state index >= 15 is 0 Å². The fourth-order valence-electron chi connectivity index (χ4n) is 2.43. The Kier molecular flexibility index (Phi) is 2.74. The number of nitrogens with one attached hydrogen (secondary N) is 1.